The SMILES string of the molecule is COC(=O)c1nc(C2CCNCC2)n2ccc(OC)cc12. The summed E-state index contributed by atoms with van der Waals surface area (Å²) in [7, 11) is 2.98. The summed E-state index contributed by atoms with van der Waals surface area (Å²) in [5, 5.41) is 3.34. The van der Waals surface area contributed by atoms with Crippen LogP contribution in [0.4, 0.5) is 0 Å². The molecule has 0 aliphatic carbocycles. The summed E-state index contributed by atoms with van der Waals surface area (Å²) >= 11 is 0. The van der Waals surface area contributed by atoms with Crippen molar-refractivity contribution in [2.75, 3.05) is 27.3 Å². The minimum absolute atomic E-state index is 0.352. The van der Waals surface area contributed by atoms with Gasteiger partial charge in [-0.3, -0.25) is 0 Å². The minimum atomic E-state index is -0.416. The molecule has 0 radical (unpaired) electrons. The number of nitrogens with one attached hydrogen (secondary N) is 1. The van der Waals surface area contributed by atoms with Gasteiger partial charge in [0.2, 0.25) is 0 Å². The van der Waals surface area contributed by atoms with Gasteiger partial charge in [-0.2, -0.15) is 0 Å². The normalized spacial score (nSPS) is 16.1. The third-order valence-electron chi connectivity index (χ3n) is 3.96. The molecule has 3 rings (SSSR count). The topological polar surface area (TPSA) is 64.9 Å². The van der Waals surface area contributed by atoms with Gasteiger partial charge < -0.3 is 19.2 Å². The Morgan fingerprint density at radius 1 is 1.38 bits per heavy atom. The van der Waals surface area contributed by atoms with E-state index < -0.39 is 5.97 Å². The molecule has 1 N–H and O–H groups in total. The van der Waals surface area contributed by atoms with Gasteiger partial charge in [-0.25, -0.2) is 9.78 Å². The molecule has 2 aromatic heterocycles. The number of pyridine rings is 1. The first-order valence-electron chi connectivity index (χ1n) is 7.09. The Balaban J connectivity index is 2.13. The first-order valence-corrected chi connectivity index (χ1v) is 7.09. The Labute approximate surface area is 123 Å². The van der Waals surface area contributed by atoms with Gasteiger partial charge in [-0.1, -0.05) is 0 Å². The van der Waals surface area contributed by atoms with Crippen LogP contribution in [0.15, 0.2) is 18.3 Å². The molecule has 0 atom stereocenters. The van der Waals surface area contributed by atoms with Crippen LogP contribution in [0.25, 0.3) is 5.52 Å². The van der Waals surface area contributed by atoms with Crippen molar-refractivity contribution in [2.24, 2.45) is 0 Å². The van der Waals surface area contributed by atoms with Crippen molar-refractivity contribution in [2.45, 2.75) is 18.8 Å². The molecule has 1 aliphatic heterocycles. The van der Waals surface area contributed by atoms with E-state index in [1.807, 2.05) is 22.7 Å². The van der Waals surface area contributed by atoms with E-state index in [2.05, 4.69) is 10.3 Å². The third-order valence-corrected chi connectivity index (χ3v) is 3.96. The number of piperidine rings is 1. The molecule has 0 spiro atoms. The van der Waals surface area contributed by atoms with Crippen LogP contribution in [-0.4, -0.2) is 42.7 Å². The molecule has 0 amide bonds. The molecular weight excluding hydrogens is 270 g/mol. The van der Waals surface area contributed by atoms with Crippen molar-refractivity contribution >= 4 is 11.5 Å². The maximum atomic E-state index is 12.0. The first kappa shape index (κ1) is 13.9. The summed E-state index contributed by atoms with van der Waals surface area (Å²) in [6.07, 6.45) is 3.95. The molecule has 1 fully saturated rings. The van der Waals surface area contributed by atoms with Crippen LogP contribution in [0.3, 0.4) is 0 Å². The highest BCUT2D eigenvalue weighted by Crippen LogP contribution is 2.28. The lowest BCUT2D eigenvalue weighted by atomic mass is 9.97. The second-order valence-electron chi connectivity index (χ2n) is 5.16. The van der Waals surface area contributed by atoms with Gasteiger partial charge >= 0.3 is 5.97 Å². The second-order valence-corrected chi connectivity index (χ2v) is 5.16. The summed E-state index contributed by atoms with van der Waals surface area (Å²) in [6, 6.07) is 3.70. The zero-order valence-electron chi connectivity index (χ0n) is 12.3. The van der Waals surface area contributed by atoms with E-state index >= 15 is 0 Å². The molecule has 2 aromatic rings. The smallest absolute Gasteiger partial charge is 0.358 e. The zero-order valence-corrected chi connectivity index (χ0v) is 12.3. The van der Waals surface area contributed by atoms with Crippen molar-refractivity contribution < 1.29 is 14.3 Å². The van der Waals surface area contributed by atoms with Crippen LogP contribution < -0.4 is 10.1 Å². The molecule has 21 heavy (non-hydrogen) atoms. The van der Waals surface area contributed by atoms with Crippen LogP contribution in [-0.2, 0) is 4.74 Å². The summed E-state index contributed by atoms with van der Waals surface area (Å²) in [4.78, 5) is 16.5. The number of esters is 1. The van der Waals surface area contributed by atoms with Gasteiger partial charge in [0.15, 0.2) is 5.69 Å². The van der Waals surface area contributed by atoms with Gasteiger partial charge in [0.1, 0.15) is 11.6 Å². The lowest BCUT2D eigenvalue weighted by Gasteiger charge is -2.21. The van der Waals surface area contributed by atoms with Gasteiger partial charge in [-0.15, -0.1) is 0 Å². The summed E-state index contributed by atoms with van der Waals surface area (Å²) in [6.45, 7) is 1.95. The average molecular weight is 289 g/mol. The number of carbonyl (C=O) groups is 1. The quantitative estimate of drug-likeness (QED) is 0.869. The van der Waals surface area contributed by atoms with Gasteiger partial charge in [0, 0.05) is 18.2 Å². The maximum Gasteiger partial charge on any atom is 0.358 e. The van der Waals surface area contributed by atoms with Gasteiger partial charge in [-0.05, 0) is 32.0 Å². The second kappa shape index (κ2) is 5.73. The number of methoxy groups -OCH3 is 2. The predicted molar refractivity (Wildman–Crippen MR) is 77.9 cm³/mol. The number of carbonyl (C=O) groups excluding carboxylic acids is 1. The Hall–Kier alpha value is -2.08. The molecule has 6 heteroatoms. The molecule has 0 saturated carbocycles. The highest BCUT2D eigenvalue weighted by Gasteiger charge is 2.25. The predicted octanol–water partition coefficient (Wildman–Crippen LogP) is 1.60. The lowest BCUT2D eigenvalue weighted by Crippen LogP contribution is -2.27. The van der Waals surface area contributed by atoms with Crippen molar-refractivity contribution in [1.29, 1.82) is 0 Å². The van der Waals surface area contributed by atoms with Crippen LogP contribution in [0.5, 0.6) is 5.75 Å². The van der Waals surface area contributed by atoms with E-state index in [1.54, 1.807) is 7.11 Å². The molecule has 6 nitrogen and oxygen atoms in total. The molecule has 1 saturated heterocycles. The van der Waals surface area contributed by atoms with E-state index in [4.69, 9.17) is 9.47 Å². The van der Waals surface area contributed by atoms with Crippen LogP contribution in [0.1, 0.15) is 35.1 Å². The minimum Gasteiger partial charge on any atom is -0.497 e. The number of ether oxygens (including phenoxy) is 2. The first-order chi connectivity index (χ1) is 10.2. The van der Waals surface area contributed by atoms with Gasteiger partial charge in [0.05, 0.1) is 19.7 Å². The molecule has 0 bridgehead atoms. The van der Waals surface area contributed by atoms with Crippen LogP contribution >= 0.6 is 0 Å². The largest absolute Gasteiger partial charge is 0.497 e. The lowest BCUT2D eigenvalue weighted by molar-refractivity contribution is 0.0596. The highest BCUT2D eigenvalue weighted by molar-refractivity contribution is 5.95. The van der Waals surface area contributed by atoms with E-state index in [0.29, 0.717) is 17.4 Å². The number of fused-ring (bicyclic) bond motifs is 1. The monoisotopic (exact) mass is 289 g/mol. The molecule has 1 aliphatic rings. The standard InChI is InChI=1S/C15H19N3O3/c1-20-11-5-8-18-12(9-11)13(15(19)21-2)17-14(18)10-3-6-16-7-4-10/h5,8-10,16H,3-4,6-7H2,1-2H3. The summed E-state index contributed by atoms with van der Waals surface area (Å²) < 4.78 is 12.1. The molecule has 3 heterocycles. The zero-order chi connectivity index (χ0) is 14.8. The van der Waals surface area contributed by atoms with Gasteiger partial charge in [0.25, 0.3) is 0 Å². The van der Waals surface area contributed by atoms with Crippen LogP contribution in [0, 0.1) is 0 Å². The fourth-order valence-electron chi connectivity index (χ4n) is 2.83. The third kappa shape index (κ3) is 2.47. The summed E-state index contributed by atoms with van der Waals surface area (Å²) in [5.74, 6) is 1.56. The Kier molecular flexibility index (Phi) is 3.79. The molecular formula is C15H19N3O3. The molecule has 0 unspecified atom stereocenters. The fraction of sp³-hybridized carbons (Fsp3) is 0.467. The number of aromatic nitrogens is 2. The Morgan fingerprint density at radius 3 is 2.81 bits per heavy atom. The summed E-state index contributed by atoms with van der Waals surface area (Å²) in [5.41, 5.74) is 1.08. The number of rotatable bonds is 3. The number of hydrogen-bond donors (Lipinski definition) is 1. The van der Waals surface area contributed by atoms with Crippen LogP contribution in [0.2, 0.25) is 0 Å². The Bertz CT molecular complexity index is 659. The number of nitrogens with zero attached hydrogens (tertiary/aromatic N) is 2. The van der Waals surface area contributed by atoms with Crippen molar-refractivity contribution in [3.05, 3.63) is 29.8 Å². The van der Waals surface area contributed by atoms with E-state index in [9.17, 15) is 4.79 Å². The Morgan fingerprint density at radius 2 is 2.14 bits per heavy atom. The number of imidazole rings is 1. The van der Waals surface area contributed by atoms with Crippen molar-refractivity contribution in [1.82, 2.24) is 14.7 Å². The fourth-order valence-corrected chi connectivity index (χ4v) is 2.83. The highest BCUT2D eigenvalue weighted by atomic mass is 16.5. The van der Waals surface area contributed by atoms with Crippen molar-refractivity contribution in [3.8, 4) is 5.75 Å². The average Bonchev–Trinajstić information content (AvgIpc) is 2.93. The van der Waals surface area contributed by atoms with E-state index in [0.717, 1.165) is 37.3 Å². The number of hydrogen-bond acceptors (Lipinski definition) is 5. The van der Waals surface area contributed by atoms with E-state index in [1.165, 1.54) is 7.11 Å². The van der Waals surface area contributed by atoms with E-state index in [-0.39, 0.29) is 0 Å². The molecule has 0 aromatic carbocycles. The van der Waals surface area contributed by atoms with Crippen molar-refractivity contribution in [3.63, 3.8) is 0 Å². The molecule has 112 valence electrons. The maximum absolute atomic E-state index is 12.0.